The second-order valence-corrected chi connectivity index (χ2v) is 8.33. The summed E-state index contributed by atoms with van der Waals surface area (Å²) in [5, 5.41) is -0.456. The van der Waals surface area contributed by atoms with Crippen molar-refractivity contribution >= 4 is 39.1 Å². The second-order valence-electron chi connectivity index (χ2n) is 4.35. The van der Waals surface area contributed by atoms with Crippen LogP contribution in [0.3, 0.4) is 0 Å². The number of sulfone groups is 1. The van der Waals surface area contributed by atoms with E-state index in [9.17, 15) is 13.2 Å². The summed E-state index contributed by atoms with van der Waals surface area (Å²) in [4.78, 5) is 17.7. The molecule has 1 aromatic heterocycles. The maximum atomic E-state index is 12.5. The molecule has 0 aliphatic carbocycles. The summed E-state index contributed by atoms with van der Waals surface area (Å²) < 4.78 is 24.2. The van der Waals surface area contributed by atoms with Gasteiger partial charge in [0.1, 0.15) is 10.5 Å². The van der Waals surface area contributed by atoms with Crippen LogP contribution in [0.5, 0.6) is 0 Å². The zero-order valence-electron chi connectivity index (χ0n) is 11.0. The number of pyridine rings is 1. The smallest absolute Gasteiger partial charge is 0.256 e. The van der Waals surface area contributed by atoms with E-state index >= 15 is 0 Å². The van der Waals surface area contributed by atoms with E-state index in [-0.39, 0.29) is 11.7 Å². The molecule has 8 heteroatoms. The molecule has 1 saturated heterocycles. The monoisotopic (exact) mass is 334 g/mol. The van der Waals surface area contributed by atoms with Gasteiger partial charge in [0.25, 0.3) is 5.91 Å². The predicted octanol–water partition coefficient (Wildman–Crippen LogP) is 1.68. The van der Waals surface area contributed by atoms with Crippen LogP contribution in [0, 0.1) is 0 Å². The van der Waals surface area contributed by atoms with Crippen molar-refractivity contribution in [2.45, 2.75) is 12.3 Å². The van der Waals surface area contributed by atoms with Crippen LogP contribution >= 0.6 is 23.4 Å². The molecule has 0 N–H and O–H groups in total. The Balaban J connectivity index is 2.28. The Labute approximate surface area is 127 Å². The second kappa shape index (κ2) is 6.32. The summed E-state index contributed by atoms with van der Waals surface area (Å²) in [6.45, 7) is 2.02. The third kappa shape index (κ3) is 3.27. The van der Waals surface area contributed by atoms with Crippen LogP contribution in [-0.4, -0.2) is 53.4 Å². The molecule has 20 heavy (non-hydrogen) atoms. The van der Waals surface area contributed by atoms with E-state index in [1.165, 1.54) is 17.2 Å². The zero-order chi connectivity index (χ0) is 14.8. The Kier molecular flexibility index (Phi) is 4.93. The van der Waals surface area contributed by atoms with Gasteiger partial charge in [0, 0.05) is 30.0 Å². The molecule has 1 aliphatic heterocycles. The Bertz CT molecular complexity index is 589. The van der Waals surface area contributed by atoms with Gasteiger partial charge in [-0.25, -0.2) is 13.4 Å². The van der Waals surface area contributed by atoms with Crippen molar-refractivity contribution in [2.24, 2.45) is 0 Å². The molecule has 2 rings (SSSR count). The SMILES string of the molecule is CCS(=O)(=O)C1CSCCN1C(=O)c1ccc(Cl)nc1. The third-order valence-corrected chi connectivity index (χ3v) is 6.65. The van der Waals surface area contributed by atoms with Gasteiger partial charge in [-0.3, -0.25) is 4.79 Å². The molecular formula is C12H15ClN2O3S2. The number of carbonyl (C=O) groups excluding carboxylic acids is 1. The molecule has 1 aliphatic rings. The molecule has 1 atom stereocenters. The number of rotatable bonds is 3. The van der Waals surface area contributed by atoms with Crippen molar-refractivity contribution in [2.75, 3.05) is 23.8 Å². The fraction of sp³-hybridized carbons (Fsp3) is 0.500. The number of hydrogen-bond acceptors (Lipinski definition) is 5. The zero-order valence-corrected chi connectivity index (χ0v) is 13.3. The molecule has 0 aromatic carbocycles. The van der Waals surface area contributed by atoms with E-state index < -0.39 is 15.2 Å². The van der Waals surface area contributed by atoms with Crippen LogP contribution in [0.1, 0.15) is 17.3 Å². The molecule has 110 valence electrons. The number of hydrogen-bond donors (Lipinski definition) is 0. The molecule has 1 amide bonds. The highest BCUT2D eigenvalue weighted by Crippen LogP contribution is 2.23. The topological polar surface area (TPSA) is 67.3 Å². The van der Waals surface area contributed by atoms with E-state index in [2.05, 4.69) is 4.98 Å². The van der Waals surface area contributed by atoms with E-state index in [0.29, 0.717) is 23.0 Å². The minimum absolute atomic E-state index is 0.0286. The lowest BCUT2D eigenvalue weighted by Gasteiger charge is -2.34. The lowest BCUT2D eigenvalue weighted by molar-refractivity contribution is 0.0749. The van der Waals surface area contributed by atoms with E-state index in [1.54, 1.807) is 24.8 Å². The average molecular weight is 335 g/mol. The normalized spacial score (nSPS) is 19.9. The number of thioether (sulfide) groups is 1. The molecule has 1 fully saturated rings. The van der Waals surface area contributed by atoms with Gasteiger partial charge < -0.3 is 4.90 Å². The van der Waals surface area contributed by atoms with Gasteiger partial charge in [0.05, 0.1) is 5.56 Å². The average Bonchev–Trinajstić information content (AvgIpc) is 2.47. The molecule has 5 nitrogen and oxygen atoms in total. The maximum absolute atomic E-state index is 12.5. The van der Waals surface area contributed by atoms with Crippen LogP contribution in [0.15, 0.2) is 18.3 Å². The molecule has 0 bridgehead atoms. The molecule has 0 radical (unpaired) electrons. The van der Waals surface area contributed by atoms with Gasteiger partial charge in [0.15, 0.2) is 9.84 Å². The van der Waals surface area contributed by atoms with Crippen molar-refractivity contribution < 1.29 is 13.2 Å². The summed E-state index contributed by atoms with van der Waals surface area (Å²) in [5.41, 5.74) is 0.359. The lowest BCUT2D eigenvalue weighted by Crippen LogP contribution is -2.50. The Morgan fingerprint density at radius 2 is 2.30 bits per heavy atom. The highest BCUT2D eigenvalue weighted by atomic mass is 35.5. The molecule has 2 heterocycles. The third-order valence-electron chi connectivity index (χ3n) is 3.14. The summed E-state index contributed by atoms with van der Waals surface area (Å²) in [6, 6.07) is 3.09. The lowest BCUT2D eigenvalue weighted by atomic mass is 10.2. The first-order chi connectivity index (χ1) is 9.45. The van der Waals surface area contributed by atoms with Crippen molar-refractivity contribution in [1.29, 1.82) is 0 Å². The standard InChI is InChI=1S/C12H15ClN2O3S2/c1-2-20(17,18)11-8-19-6-5-15(11)12(16)9-3-4-10(13)14-7-9/h3-4,7,11H,2,5-6,8H2,1H3. The predicted molar refractivity (Wildman–Crippen MR) is 80.9 cm³/mol. The van der Waals surface area contributed by atoms with Crippen LogP contribution < -0.4 is 0 Å². The Morgan fingerprint density at radius 3 is 2.90 bits per heavy atom. The van der Waals surface area contributed by atoms with E-state index in [4.69, 9.17) is 11.6 Å². The van der Waals surface area contributed by atoms with Gasteiger partial charge in [0.2, 0.25) is 0 Å². The van der Waals surface area contributed by atoms with Crippen LogP contribution in [0.25, 0.3) is 0 Å². The summed E-state index contributed by atoms with van der Waals surface area (Å²) in [5.74, 6) is 0.878. The quantitative estimate of drug-likeness (QED) is 0.787. The highest BCUT2D eigenvalue weighted by Gasteiger charge is 2.36. The number of aromatic nitrogens is 1. The van der Waals surface area contributed by atoms with E-state index in [1.807, 2.05) is 0 Å². The van der Waals surface area contributed by atoms with Gasteiger partial charge in [-0.1, -0.05) is 18.5 Å². The number of nitrogens with zero attached hydrogens (tertiary/aromatic N) is 2. The molecule has 0 spiro atoms. The first-order valence-corrected chi connectivity index (χ1v) is 9.42. The molecule has 1 unspecified atom stereocenters. The summed E-state index contributed by atoms with van der Waals surface area (Å²) in [6.07, 6.45) is 1.38. The molecule has 0 saturated carbocycles. The van der Waals surface area contributed by atoms with Gasteiger partial charge >= 0.3 is 0 Å². The number of halogens is 1. The van der Waals surface area contributed by atoms with Gasteiger partial charge in [-0.05, 0) is 12.1 Å². The molecule has 1 aromatic rings. The van der Waals surface area contributed by atoms with E-state index in [0.717, 1.165) is 5.75 Å². The van der Waals surface area contributed by atoms with Gasteiger partial charge in [-0.2, -0.15) is 11.8 Å². The van der Waals surface area contributed by atoms with Crippen molar-refractivity contribution in [1.82, 2.24) is 9.88 Å². The molecular weight excluding hydrogens is 320 g/mol. The first kappa shape index (κ1) is 15.6. The van der Waals surface area contributed by atoms with Crippen molar-refractivity contribution in [3.05, 3.63) is 29.0 Å². The van der Waals surface area contributed by atoms with Gasteiger partial charge in [-0.15, -0.1) is 0 Å². The summed E-state index contributed by atoms with van der Waals surface area (Å²) >= 11 is 7.24. The Hall–Kier alpha value is -0.790. The van der Waals surface area contributed by atoms with Crippen LogP contribution in [0.4, 0.5) is 0 Å². The number of amides is 1. The fourth-order valence-corrected chi connectivity index (χ4v) is 5.05. The maximum Gasteiger partial charge on any atom is 0.256 e. The minimum Gasteiger partial charge on any atom is -0.320 e. The minimum atomic E-state index is -3.29. The van der Waals surface area contributed by atoms with Crippen LogP contribution in [0.2, 0.25) is 5.15 Å². The Morgan fingerprint density at radius 1 is 1.55 bits per heavy atom. The van der Waals surface area contributed by atoms with Crippen LogP contribution in [-0.2, 0) is 9.84 Å². The number of carbonyl (C=O) groups is 1. The van der Waals surface area contributed by atoms with Crippen molar-refractivity contribution in [3.63, 3.8) is 0 Å². The highest BCUT2D eigenvalue weighted by molar-refractivity contribution is 8.01. The largest absolute Gasteiger partial charge is 0.320 e. The fourth-order valence-electron chi connectivity index (χ4n) is 1.97. The first-order valence-electron chi connectivity index (χ1n) is 6.17. The summed E-state index contributed by atoms with van der Waals surface area (Å²) in [7, 11) is -3.29. The van der Waals surface area contributed by atoms with Crippen molar-refractivity contribution in [3.8, 4) is 0 Å².